The summed E-state index contributed by atoms with van der Waals surface area (Å²) in [6.07, 6.45) is 9.86. The van der Waals surface area contributed by atoms with Crippen LogP contribution in [0.25, 0.3) is 10.6 Å². The van der Waals surface area contributed by atoms with Crippen molar-refractivity contribution in [2.45, 2.75) is 12.8 Å². The highest BCUT2D eigenvalue weighted by Gasteiger charge is 2.31. The Morgan fingerprint density at radius 1 is 1.45 bits per heavy atom. The van der Waals surface area contributed by atoms with E-state index in [4.69, 9.17) is 0 Å². The smallest absolute Gasteiger partial charge is 0.274 e. The normalized spacial score (nSPS) is 17.3. The summed E-state index contributed by atoms with van der Waals surface area (Å²) in [5.41, 5.74) is 4.60. The highest BCUT2D eigenvalue weighted by molar-refractivity contribution is 7.13. The maximum absolute atomic E-state index is 13.2. The van der Waals surface area contributed by atoms with Gasteiger partial charge in [-0.25, -0.2) is 0 Å². The zero-order chi connectivity index (χ0) is 20.4. The first kappa shape index (κ1) is 19.1. The van der Waals surface area contributed by atoms with Gasteiger partial charge in [0.15, 0.2) is 5.69 Å². The molecule has 1 atom stereocenters. The summed E-state index contributed by atoms with van der Waals surface area (Å²) in [5.74, 6) is -0.0434. The summed E-state index contributed by atoms with van der Waals surface area (Å²) in [6, 6.07) is 5.81. The molecule has 29 heavy (non-hydrogen) atoms. The van der Waals surface area contributed by atoms with Crippen LogP contribution in [0.1, 0.15) is 28.9 Å². The molecular formula is C22H23N5OS. The number of allylic oxidation sites excluding steroid dienone is 2. The molecule has 0 aliphatic carbocycles. The molecular weight excluding hydrogens is 382 g/mol. The molecule has 148 valence electrons. The predicted molar refractivity (Wildman–Crippen MR) is 116 cm³/mol. The lowest BCUT2D eigenvalue weighted by atomic mass is 9.85. The number of nitrogens with one attached hydrogen (secondary N) is 1. The first-order valence-electron chi connectivity index (χ1n) is 9.46. The van der Waals surface area contributed by atoms with Crippen molar-refractivity contribution in [1.29, 1.82) is 0 Å². The van der Waals surface area contributed by atoms with Crippen molar-refractivity contribution in [3.8, 4) is 10.6 Å². The number of carbonyl (C=O) groups is 1. The maximum atomic E-state index is 13.2. The van der Waals surface area contributed by atoms with Gasteiger partial charge in [0.05, 0.1) is 16.8 Å². The Bertz CT molecular complexity index is 1090. The van der Waals surface area contributed by atoms with Crippen LogP contribution in [0, 0.1) is 0 Å². The van der Waals surface area contributed by atoms with E-state index in [0.717, 1.165) is 21.7 Å². The second-order valence-corrected chi connectivity index (χ2v) is 7.96. The van der Waals surface area contributed by atoms with Gasteiger partial charge in [0, 0.05) is 32.3 Å². The van der Waals surface area contributed by atoms with Crippen LogP contribution >= 0.6 is 11.3 Å². The summed E-state index contributed by atoms with van der Waals surface area (Å²) in [6.45, 7) is 7.07. The average Bonchev–Trinajstić information content (AvgIpc) is 3.48. The number of aromatic nitrogens is 4. The van der Waals surface area contributed by atoms with Gasteiger partial charge in [-0.05, 0) is 41.1 Å². The Morgan fingerprint density at radius 2 is 2.31 bits per heavy atom. The standard InChI is InChI=1S/C22H23N5OS/c1-4-7-17-15(5-2)13-27(14-18(17)16-11-23-26(3)12-16)22(28)20-10-19(24-25-20)21-8-6-9-29-21/h4-12,18H,2,13-14H2,1,3H3,(H,24,25)/b7-4-. The molecule has 1 N–H and O–H groups in total. The third kappa shape index (κ3) is 3.73. The van der Waals surface area contributed by atoms with E-state index in [-0.39, 0.29) is 11.8 Å². The zero-order valence-electron chi connectivity index (χ0n) is 16.5. The minimum atomic E-state index is -0.0863. The summed E-state index contributed by atoms with van der Waals surface area (Å²) in [5, 5.41) is 13.6. The van der Waals surface area contributed by atoms with Gasteiger partial charge in [-0.15, -0.1) is 11.3 Å². The number of carbonyl (C=O) groups excluding carboxylic acids is 1. The first-order valence-corrected chi connectivity index (χ1v) is 10.3. The van der Waals surface area contributed by atoms with Crippen LogP contribution in [-0.2, 0) is 7.05 Å². The fourth-order valence-corrected chi connectivity index (χ4v) is 4.39. The van der Waals surface area contributed by atoms with E-state index in [0.29, 0.717) is 18.8 Å². The van der Waals surface area contributed by atoms with Crippen molar-refractivity contribution in [2.75, 3.05) is 13.1 Å². The van der Waals surface area contributed by atoms with Crippen LogP contribution < -0.4 is 0 Å². The van der Waals surface area contributed by atoms with Crippen LogP contribution in [0.3, 0.4) is 0 Å². The lowest BCUT2D eigenvalue weighted by molar-refractivity contribution is 0.0751. The minimum Gasteiger partial charge on any atom is -0.332 e. The number of hydrogen-bond acceptors (Lipinski definition) is 4. The lowest BCUT2D eigenvalue weighted by Gasteiger charge is -2.34. The Kier molecular flexibility index (Phi) is 5.31. The molecule has 0 aromatic carbocycles. The topological polar surface area (TPSA) is 66.8 Å². The summed E-state index contributed by atoms with van der Waals surface area (Å²) < 4.78 is 1.79. The summed E-state index contributed by atoms with van der Waals surface area (Å²) in [7, 11) is 1.90. The number of nitrogens with zero attached hydrogens (tertiary/aromatic N) is 4. The second-order valence-electron chi connectivity index (χ2n) is 7.01. The maximum Gasteiger partial charge on any atom is 0.274 e. The van der Waals surface area contributed by atoms with Crippen molar-refractivity contribution >= 4 is 17.2 Å². The molecule has 1 unspecified atom stereocenters. The number of hydrogen-bond donors (Lipinski definition) is 1. The molecule has 1 aliphatic rings. The van der Waals surface area contributed by atoms with Crippen molar-refractivity contribution in [2.24, 2.45) is 7.05 Å². The fraction of sp³-hybridized carbons (Fsp3) is 0.227. The van der Waals surface area contributed by atoms with Gasteiger partial charge in [-0.3, -0.25) is 14.6 Å². The molecule has 7 heteroatoms. The predicted octanol–water partition coefficient (Wildman–Crippen LogP) is 4.17. The Hall–Kier alpha value is -3.19. The number of amides is 1. The molecule has 3 aromatic heterocycles. The van der Waals surface area contributed by atoms with Gasteiger partial charge in [0.2, 0.25) is 0 Å². The number of H-pyrrole nitrogens is 1. The number of aromatic amines is 1. The minimum absolute atomic E-state index is 0.0429. The summed E-state index contributed by atoms with van der Waals surface area (Å²) in [4.78, 5) is 16.1. The molecule has 4 heterocycles. The van der Waals surface area contributed by atoms with Gasteiger partial charge < -0.3 is 4.90 Å². The van der Waals surface area contributed by atoms with Crippen LogP contribution in [0.4, 0.5) is 0 Å². The van der Waals surface area contributed by atoms with Gasteiger partial charge in [0.1, 0.15) is 0 Å². The first-order chi connectivity index (χ1) is 14.1. The van der Waals surface area contributed by atoms with Crippen LogP contribution in [0.5, 0.6) is 0 Å². The lowest BCUT2D eigenvalue weighted by Crippen LogP contribution is -2.40. The highest BCUT2D eigenvalue weighted by Crippen LogP contribution is 2.34. The molecule has 3 aromatic rings. The van der Waals surface area contributed by atoms with Crippen molar-refractivity contribution in [3.05, 3.63) is 83.2 Å². The molecule has 0 spiro atoms. The van der Waals surface area contributed by atoms with E-state index < -0.39 is 0 Å². The Balaban J connectivity index is 1.66. The summed E-state index contributed by atoms with van der Waals surface area (Å²) >= 11 is 1.61. The van der Waals surface area contributed by atoms with Crippen LogP contribution in [-0.4, -0.2) is 43.9 Å². The number of rotatable bonds is 5. The highest BCUT2D eigenvalue weighted by atomic mass is 32.1. The molecule has 4 rings (SSSR count). The molecule has 0 saturated heterocycles. The molecule has 1 aliphatic heterocycles. The van der Waals surface area contributed by atoms with E-state index in [2.05, 4.69) is 28.0 Å². The van der Waals surface area contributed by atoms with Crippen LogP contribution in [0.15, 0.2) is 71.9 Å². The molecule has 0 saturated carbocycles. The molecule has 1 amide bonds. The van der Waals surface area contributed by atoms with Gasteiger partial charge in [0.25, 0.3) is 5.91 Å². The molecule has 6 nitrogen and oxygen atoms in total. The van der Waals surface area contributed by atoms with Gasteiger partial charge >= 0.3 is 0 Å². The van der Waals surface area contributed by atoms with Crippen molar-refractivity contribution < 1.29 is 4.79 Å². The molecule has 0 bridgehead atoms. The Labute approximate surface area is 173 Å². The second kappa shape index (κ2) is 8.05. The fourth-order valence-electron chi connectivity index (χ4n) is 3.70. The number of thiophene rings is 1. The monoisotopic (exact) mass is 405 g/mol. The van der Waals surface area contributed by atoms with Crippen molar-refractivity contribution in [3.63, 3.8) is 0 Å². The van der Waals surface area contributed by atoms with E-state index in [9.17, 15) is 4.79 Å². The van der Waals surface area contributed by atoms with E-state index in [1.807, 2.05) is 67.0 Å². The average molecular weight is 406 g/mol. The Morgan fingerprint density at radius 3 is 2.97 bits per heavy atom. The van der Waals surface area contributed by atoms with E-state index in [1.165, 1.54) is 5.57 Å². The third-order valence-corrected chi connectivity index (χ3v) is 6.00. The largest absolute Gasteiger partial charge is 0.332 e. The third-order valence-electron chi connectivity index (χ3n) is 5.10. The van der Waals surface area contributed by atoms with Crippen LogP contribution in [0.2, 0.25) is 0 Å². The van der Waals surface area contributed by atoms with Gasteiger partial charge in [-0.2, -0.15) is 10.2 Å². The van der Waals surface area contributed by atoms with E-state index in [1.54, 1.807) is 16.0 Å². The molecule has 0 radical (unpaired) electrons. The van der Waals surface area contributed by atoms with E-state index >= 15 is 0 Å². The van der Waals surface area contributed by atoms with Crippen molar-refractivity contribution in [1.82, 2.24) is 24.9 Å². The SMILES string of the molecule is C=CC1=C(/C=C\C)C(c2cnn(C)c2)CN(C(=O)c2cc(-c3cccs3)[nH]n2)C1. The number of aryl methyl sites for hydroxylation is 1. The zero-order valence-corrected chi connectivity index (χ0v) is 17.3. The molecule has 0 fully saturated rings. The van der Waals surface area contributed by atoms with Gasteiger partial charge in [-0.1, -0.05) is 30.9 Å². The quantitative estimate of drug-likeness (QED) is 0.693.